The Labute approximate surface area is 104 Å². The molecule has 1 saturated carbocycles. The van der Waals surface area contributed by atoms with Gasteiger partial charge in [-0.15, -0.1) is 0 Å². The molecular weight excluding hydrogens is 238 g/mol. The lowest BCUT2D eigenvalue weighted by Gasteiger charge is -2.50. The van der Waals surface area contributed by atoms with Crippen molar-refractivity contribution in [3.8, 4) is 0 Å². The summed E-state index contributed by atoms with van der Waals surface area (Å²) >= 11 is 0. The zero-order valence-electron chi connectivity index (χ0n) is 10.5. The van der Waals surface area contributed by atoms with Crippen molar-refractivity contribution in [2.24, 2.45) is 11.7 Å². The van der Waals surface area contributed by atoms with Crippen molar-refractivity contribution in [1.82, 2.24) is 0 Å². The smallest absolute Gasteiger partial charge is 0.152 e. The summed E-state index contributed by atoms with van der Waals surface area (Å²) in [5, 5.41) is 10.8. The Bertz CT molecular complexity index is 395. The topological polar surface area (TPSA) is 80.4 Å². The van der Waals surface area contributed by atoms with E-state index in [2.05, 4.69) is 6.92 Å². The number of aliphatic hydroxyl groups is 1. The molecule has 2 rings (SSSR count). The third-order valence-electron chi connectivity index (χ3n) is 4.46. The molecule has 0 amide bonds. The average molecular weight is 261 g/mol. The van der Waals surface area contributed by atoms with Gasteiger partial charge >= 0.3 is 0 Å². The molecule has 1 aliphatic heterocycles. The minimum Gasteiger partial charge on any atom is -0.388 e. The molecule has 0 aromatic heterocycles. The summed E-state index contributed by atoms with van der Waals surface area (Å²) in [6.45, 7) is 2.10. The van der Waals surface area contributed by atoms with E-state index in [1.54, 1.807) is 0 Å². The van der Waals surface area contributed by atoms with Crippen LogP contribution >= 0.6 is 0 Å². The van der Waals surface area contributed by atoms with E-state index in [9.17, 15) is 13.5 Å². The van der Waals surface area contributed by atoms with E-state index in [1.165, 1.54) is 0 Å². The van der Waals surface area contributed by atoms with Gasteiger partial charge in [-0.05, 0) is 31.6 Å². The summed E-state index contributed by atoms with van der Waals surface area (Å²) in [4.78, 5) is 0. The van der Waals surface area contributed by atoms with Gasteiger partial charge in [-0.1, -0.05) is 19.8 Å². The molecule has 2 fully saturated rings. The van der Waals surface area contributed by atoms with E-state index >= 15 is 0 Å². The van der Waals surface area contributed by atoms with Gasteiger partial charge in [0, 0.05) is 0 Å². The van der Waals surface area contributed by atoms with Gasteiger partial charge in [0.2, 0.25) is 0 Å². The first-order chi connectivity index (χ1) is 7.77. The molecule has 3 atom stereocenters. The van der Waals surface area contributed by atoms with Crippen LogP contribution in [-0.2, 0) is 9.84 Å². The molecule has 5 heteroatoms. The maximum atomic E-state index is 11.7. The Kier molecular flexibility index (Phi) is 3.30. The minimum absolute atomic E-state index is 0.0524. The van der Waals surface area contributed by atoms with Crippen LogP contribution in [0.4, 0.5) is 0 Å². The van der Waals surface area contributed by atoms with Crippen LogP contribution in [0.5, 0.6) is 0 Å². The molecular formula is C12H23NO3S. The van der Waals surface area contributed by atoms with Crippen LogP contribution in [0.15, 0.2) is 0 Å². The van der Waals surface area contributed by atoms with E-state index in [-0.39, 0.29) is 11.5 Å². The molecule has 0 aromatic carbocycles. The standard InChI is InChI=1S/C12H23NO3S/c1-10-4-2-6-12(14,8-10)11(13)5-3-7-17(15,16)9-11/h10,14H,2-9,13H2,1H3. The number of nitrogens with two attached hydrogens (primary N) is 1. The van der Waals surface area contributed by atoms with Gasteiger partial charge in [0.15, 0.2) is 9.84 Å². The molecule has 2 aliphatic rings. The summed E-state index contributed by atoms with van der Waals surface area (Å²) in [5.74, 6) is 0.597. The molecule has 100 valence electrons. The van der Waals surface area contributed by atoms with Gasteiger partial charge in [-0.2, -0.15) is 0 Å². The molecule has 1 saturated heterocycles. The zero-order valence-corrected chi connectivity index (χ0v) is 11.3. The fraction of sp³-hybridized carbons (Fsp3) is 1.00. The van der Waals surface area contributed by atoms with Gasteiger partial charge in [-0.25, -0.2) is 8.42 Å². The number of sulfone groups is 1. The van der Waals surface area contributed by atoms with Crippen LogP contribution in [0, 0.1) is 5.92 Å². The van der Waals surface area contributed by atoms with E-state index in [0.29, 0.717) is 31.6 Å². The van der Waals surface area contributed by atoms with Crippen molar-refractivity contribution in [3.63, 3.8) is 0 Å². The van der Waals surface area contributed by atoms with Gasteiger partial charge in [-0.3, -0.25) is 0 Å². The lowest BCUT2D eigenvalue weighted by Crippen LogP contribution is -2.67. The van der Waals surface area contributed by atoms with Crippen molar-refractivity contribution in [2.45, 2.75) is 56.6 Å². The molecule has 1 aliphatic carbocycles. The van der Waals surface area contributed by atoms with Gasteiger partial charge in [0.1, 0.15) is 0 Å². The molecule has 0 radical (unpaired) electrons. The molecule has 0 aromatic rings. The van der Waals surface area contributed by atoms with Crippen molar-refractivity contribution in [2.75, 3.05) is 11.5 Å². The SMILES string of the molecule is CC1CCCC(O)(C2(N)CCCS(=O)(=O)C2)C1. The highest BCUT2D eigenvalue weighted by molar-refractivity contribution is 7.91. The van der Waals surface area contributed by atoms with E-state index in [4.69, 9.17) is 5.73 Å². The second kappa shape index (κ2) is 4.21. The van der Waals surface area contributed by atoms with Crippen molar-refractivity contribution in [3.05, 3.63) is 0 Å². The second-order valence-electron chi connectivity index (χ2n) is 6.08. The Morgan fingerprint density at radius 1 is 1.29 bits per heavy atom. The summed E-state index contributed by atoms with van der Waals surface area (Å²) in [6, 6.07) is 0. The van der Waals surface area contributed by atoms with Crippen LogP contribution in [0.3, 0.4) is 0 Å². The van der Waals surface area contributed by atoms with Crippen molar-refractivity contribution >= 4 is 9.84 Å². The third kappa shape index (κ3) is 2.51. The first-order valence-electron chi connectivity index (χ1n) is 6.48. The maximum absolute atomic E-state index is 11.7. The maximum Gasteiger partial charge on any atom is 0.152 e. The van der Waals surface area contributed by atoms with E-state index in [0.717, 1.165) is 12.8 Å². The van der Waals surface area contributed by atoms with E-state index < -0.39 is 21.0 Å². The molecule has 1 heterocycles. The first-order valence-corrected chi connectivity index (χ1v) is 8.30. The van der Waals surface area contributed by atoms with Crippen LogP contribution in [0.25, 0.3) is 0 Å². The molecule has 3 N–H and O–H groups in total. The highest BCUT2D eigenvalue weighted by atomic mass is 32.2. The van der Waals surface area contributed by atoms with Gasteiger partial charge in [0.05, 0.1) is 22.6 Å². The number of rotatable bonds is 1. The molecule has 17 heavy (non-hydrogen) atoms. The highest BCUT2D eigenvalue weighted by Crippen LogP contribution is 2.42. The molecule has 0 bridgehead atoms. The second-order valence-corrected chi connectivity index (χ2v) is 8.27. The summed E-state index contributed by atoms with van der Waals surface area (Å²) in [5.41, 5.74) is 4.36. The number of hydrogen-bond acceptors (Lipinski definition) is 4. The first kappa shape index (κ1) is 13.3. The van der Waals surface area contributed by atoms with Crippen LogP contribution in [-0.4, -0.2) is 36.2 Å². The quantitative estimate of drug-likeness (QED) is 0.733. The minimum atomic E-state index is -3.08. The summed E-state index contributed by atoms with van der Waals surface area (Å²) in [7, 11) is -3.08. The largest absolute Gasteiger partial charge is 0.388 e. The predicted molar refractivity (Wildman–Crippen MR) is 67.4 cm³/mol. The van der Waals surface area contributed by atoms with Crippen molar-refractivity contribution < 1.29 is 13.5 Å². The molecule has 3 unspecified atom stereocenters. The van der Waals surface area contributed by atoms with Crippen LogP contribution < -0.4 is 5.73 Å². The lowest BCUT2D eigenvalue weighted by atomic mass is 9.67. The predicted octanol–water partition coefficient (Wildman–Crippen LogP) is 0.834. The van der Waals surface area contributed by atoms with Gasteiger partial charge in [0.25, 0.3) is 0 Å². The van der Waals surface area contributed by atoms with Crippen molar-refractivity contribution in [1.29, 1.82) is 0 Å². The van der Waals surface area contributed by atoms with Crippen LogP contribution in [0.1, 0.15) is 45.4 Å². The normalized spacial score (nSPS) is 46.6. The highest BCUT2D eigenvalue weighted by Gasteiger charge is 2.52. The fourth-order valence-corrected chi connectivity index (χ4v) is 5.41. The van der Waals surface area contributed by atoms with Crippen LogP contribution in [0.2, 0.25) is 0 Å². The molecule has 4 nitrogen and oxygen atoms in total. The Morgan fingerprint density at radius 2 is 2.00 bits per heavy atom. The van der Waals surface area contributed by atoms with E-state index in [1.807, 2.05) is 0 Å². The fourth-order valence-electron chi connectivity index (χ4n) is 3.49. The summed E-state index contributed by atoms with van der Waals surface area (Å²) < 4.78 is 23.5. The Balaban J connectivity index is 2.24. The van der Waals surface area contributed by atoms with Gasteiger partial charge < -0.3 is 10.8 Å². The monoisotopic (exact) mass is 261 g/mol. The lowest BCUT2D eigenvalue weighted by molar-refractivity contribution is -0.0736. The summed E-state index contributed by atoms with van der Waals surface area (Å²) in [6.07, 6.45) is 4.52. The Hall–Kier alpha value is -0.130. The average Bonchev–Trinajstić information content (AvgIpc) is 2.14. The molecule has 0 spiro atoms. The number of hydrogen-bond donors (Lipinski definition) is 2. The zero-order chi connectivity index (χ0) is 12.7. The Morgan fingerprint density at radius 3 is 2.59 bits per heavy atom. The third-order valence-corrected chi connectivity index (χ3v) is 6.32.